The van der Waals surface area contributed by atoms with E-state index in [9.17, 15) is 38.4 Å². The molecule has 0 N–H and O–H groups in total. The molecule has 0 atom stereocenters. The fourth-order valence-electron chi connectivity index (χ4n) is 2.24. The standard InChI is InChI=1S/C21H24N4O12/c26-13-22-5-1-17(30)34-9-21(10-35-18(31)2-6-23-14-27,11-36-19(32)3-7-24-15-28)12-37-20(33)4-8-25-16-29/h1-12H2. The van der Waals surface area contributed by atoms with Crippen LogP contribution in [0.15, 0.2) is 20.0 Å². The molecule has 0 aromatic rings. The second-order valence-corrected chi connectivity index (χ2v) is 7.03. The molecule has 16 heteroatoms. The van der Waals surface area contributed by atoms with Crippen molar-refractivity contribution < 1.29 is 57.3 Å². The van der Waals surface area contributed by atoms with Crippen LogP contribution in [-0.2, 0) is 57.3 Å². The average Bonchev–Trinajstić information content (AvgIpc) is 2.88. The summed E-state index contributed by atoms with van der Waals surface area (Å²) in [5.74, 6) is -3.30. The number of ether oxygens (including phenoxy) is 4. The van der Waals surface area contributed by atoms with E-state index in [1.807, 2.05) is 0 Å². The van der Waals surface area contributed by atoms with Gasteiger partial charge in [-0.15, -0.1) is 0 Å². The summed E-state index contributed by atoms with van der Waals surface area (Å²) in [5.41, 5.74) is -1.60. The number of nitrogens with zero attached hydrogens (tertiary/aromatic N) is 4. The minimum Gasteiger partial charge on any atom is -0.465 e. The third-order valence-electron chi connectivity index (χ3n) is 4.13. The molecule has 200 valence electrons. The highest BCUT2D eigenvalue weighted by atomic mass is 16.6. The summed E-state index contributed by atoms with van der Waals surface area (Å²) in [4.78, 5) is 102. The van der Waals surface area contributed by atoms with E-state index in [1.165, 1.54) is 24.3 Å². The van der Waals surface area contributed by atoms with Crippen LogP contribution in [0.3, 0.4) is 0 Å². The first-order valence-corrected chi connectivity index (χ1v) is 10.6. The molecular formula is C21H24N4O12. The number of carbonyl (C=O) groups excluding carboxylic acids is 8. The van der Waals surface area contributed by atoms with Crippen molar-refractivity contribution in [3.63, 3.8) is 0 Å². The van der Waals surface area contributed by atoms with Gasteiger partial charge in [0.05, 0.1) is 51.9 Å². The number of hydrogen-bond donors (Lipinski definition) is 0. The second-order valence-electron chi connectivity index (χ2n) is 7.03. The molecule has 37 heavy (non-hydrogen) atoms. The van der Waals surface area contributed by atoms with Gasteiger partial charge in [0, 0.05) is 0 Å². The van der Waals surface area contributed by atoms with Crippen molar-refractivity contribution >= 4 is 48.2 Å². The van der Waals surface area contributed by atoms with Crippen molar-refractivity contribution in [3.8, 4) is 0 Å². The highest BCUT2D eigenvalue weighted by Crippen LogP contribution is 2.22. The van der Waals surface area contributed by atoms with Gasteiger partial charge in [-0.25, -0.2) is 39.1 Å². The third kappa shape index (κ3) is 17.5. The van der Waals surface area contributed by atoms with Crippen LogP contribution in [0.1, 0.15) is 25.7 Å². The van der Waals surface area contributed by atoms with Gasteiger partial charge in [-0.3, -0.25) is 19.2 Å². The van der Waals surface area contributed by atoms with E-state index in [4.69, 9.17) is 18.9 Å². The monoisotopic (exact) mass is 524 g/mol. The van der Waals surface area contributed by atoms with Gasteiger partial charge in [0.1, 0.15) is 31.8 Å². The predicted octanol–water partition coefficient (Wildman–Crippen LogP) is -0.951. The largest absolute Gasteiger partial charge is 0.465 e. The summed E-state index contributed by atoms with van der Waals surface area (Å²) in [5, 5.41) is 0. The number of isocyanates is 4. The van der Waals surface area contributed by atoms with Gasteiger partial charge < -0.3 is 18.9 Å². The van der Waals surface area contributed by atoms with Crippen LogP contribution in [0.2, 0.25) is 0 Å². The SMILES string of the molecule is O=C=NCCC(=O)OCC(COC(=O)CCN=C=O)(COC(=O)CCN=C=O)COC(=O)CCN=C=O. The first kappa shape index (κ1) is 32.4. The highest BCUT2D eigenvalue weighted by molar-refractivity contribution is 5.71. The van der Waals surface area contributed by atoms with Crippen LogP contribution < -0.4 is 0 Å². The highest BCUT2D eigenvalue weighted by Gasteiger charge is 2.38. The molecule has 0 aliphatic heterocycles. The van der Waals surface area contributed by atoms with E-state index >= 15 is 0 Å². The van der Waals surface area contributed by atoms with Crippen LogP contribution in [-0.4, -0.2) is 101 Å². The maximum absolute atomic E-state index is 12.0. The predicted molar refractivity (Wildman–Crippen MR) is 117 cm³/mol. The molecule has 0 amide bonds. The van der Waals surface area contributed by atoms with Crippen molar-refractivity contribution in [1.29, 1.82) is 0 Å². The van der Waals surface area contributed by atoms with Gasteiger partial charge in [0.25, 0.3) is 0 Å². The number of esters is 4. The first-order valence-electron chi connectivity index (χ1n) is 10.6. The summed E-state index contributed by atoms with van der Waals surface area (Å²) < 4.78 is 20.5. The Labute approximate surface area is 209 Å². The third-order valence-corrected chi connectivity index (χ3v) is 4.13. The summed E-state index contributed by atoms with van der Waals surface area (Å²) in [7, 11) is 0. The zero-order valence-corrected chi connectivity index (χ0v) is 19.7. The fourth-order valence-corrected chi connectivity index (χ4v) is 2.24. The zero-order valence-electron chi connectivity index (χ0n) is 19.7. The van der Waals surface area contributed by atoms with E-state index in [-0.39, 0.29) is 51.9 Å². The Morgan fingerprint density at radius 2 is 0.676 bits per heavy atom. The molecular weight excluding hydrogens is 500 g/mol. The number of rotatable bonds is 20. The van der Waals surface area contributed by atoms with Crippen LogP contribution in [0.5, 0.6) is 0 Å². The Morgan fingerprint density at radius 1 is 0.459 bits per heavy atom. The molecule has 0 aromatic heterocycles. The lowest BCUT2D eigenvalue weighted by Gasteiger charge is -2.31. The van der Waals surface area contributed by atoms with E-state index in [0.29, 0.717) is 0 Å². The normalized spacial score (nSPS) is 11.0. The van der Waals surface area contributed by atoms with E-state index in [2.05, 4.69) is 20.0 Å². The molecule has 16 nitrogen and oxygen atoms in total. The summed E-state index contributed by atoms with van der Waals surface area (Å²) in [6.07, 6.45) is 3.81. The molecule has 0 unspecified atom stereocenters. The summed E-state index contributed by atoms with van der Waals surface area (Å²) in [6, 6.07) is 0. The Morgan fingerprint density at radius 3 is 0.865 bits per heavy atom. The van der Waals surface area contributed by atoms with Gasteiger partial charge in [-0.2, -0.15) is 0 Å². The fraction of sp³-hybridized carbons (Fsp3) is 0.619. The summed E-state index contributed by atoms with van der Waals surface area (Å²) >= 11 is 0. The maximum atomic E-state index is 12.0. The number of carbonyl (C=O) groups is 4. The lowest BCUT2D eigenvalue weighted by molar-refractivity contribution is -0.170. The quantitative estimate of drug-likeness (QED) is 0.0813. The molecule has 0 aliphatic carbocycles. The van der Waals surface area contributed by atoms with Crippen molar-refractivity contribution in [2.75, 3.05) is 52.6 Å². The zero-order chi connectivity index (χ0) is 27.8. The van der Waals surface area contributed by atoms with E-state index < -0.39 is 55.7 Å². The minimum atomic E-state index is -1.60. The summed E-state index contributed by atoms with van der Waals surface area (Å²) in [6.45, 7) is -3.13. The molecule has 0 saturated carbocycles. The van der Waals surface area contributed by atoms with Gasteiger partial charge in [0.15, 0.2) is 0 Å². The van der Waals surface area contributed by atoms with Crippen molar-refractivity contribution in [3.05, 3.63) is 0 Å². The van der Waals surface area contributed by atoms with Crippen LogP contribution >= 0.6 is 0 Å². The molecule has 0 aromatic carbocycles. The Hall–Kier alpha value is -4.60. The topological polar surface area (TPSA) is 223 Å². The van der Waals surface area contributed by atoms with Crippen molar-refractivity contribution in [1.82, 2.24) is 0 Å². The van der Waals surface area contributed by atoms with E-state index in [1.54, 1.807) is 0 Å². The second kappa shape index (κ2) is 20.7. The number of hydrogen-bond acceptors (Lipinski definition) is 16. The average molecular weight is 524 g/mol. The molecule has 0 rings (SSSR count). The molecule has 0 spiro atoms. The Bertz CT molecular complexity index is 815. The molecule has 0 fully saturated rings. The smallest absolute Gasteiger partial charge is 0.307 e. The molecule has 0 radical (unpaired) electrons. The lowest BCUT2D eigenvalue weighted by atomic mass is 9.92. The van der Waals surface area contributed by atoms with Crippen LogP contribution in [0.25, 0.3) is 0 Å². The van der Waals surface area contributed by atoms with Gasteiger partial charge in [0.2, 0.25) is 24.3 Å². The molecule has 0 bridgehead atoms. The van der Waals surface area contributed by atoms with E-state index in [0.717, 1.165) is 0 Å². The van der Waals surface area contributed by atoms with Gasteiger partial charge >= 0.3 is 23.9 Å². The van der Waals surface area contributed by atoms with Crippen LogP contribution in [0.4, 0.5) is 0 Å². The van der Waals surface area contributed by atoms with Crippen molar-refractivity contribution in [2.45, 2.75) is 25.7 Å². The van der Waals surface area contributed by atoms with Gasteiger partial charge in [-0.1, -0.05) is 0 Å². The maximum Gasteiger partial charge on any atom is 0.307 e. The molecule has 0 saturated heterocycles. The minimum absolute atomic E-state index is 0.208. The van der Waals surface area contributed by atoms with Crippen LogP contribution in [0, 0.1) is 5.41 Å². The van der Waals surface area contributed by atoms with Gasteiger partial charge in [-0.05, 0) is 0 Å². The Balaban J connectivity index is 5.64. The first-order chi connectivity index (χ1) is 17.8. The lowest BCUT2D eigenvalue weighted by Crippen LogP contribution is -2.44. The van der Waals surface area contributed by atoms with Crippen molar-refractivity contribution in [2.24, 2.45) is 25.4 Å². The molecule has 0 heterocycles. The molecule has 0 aliphatic rings. The Kier molecular flexibility index (Phi) is 18.2. The number of aliphatic imine (C=N–C) groups is 4.